The number of carbonyl (C=O) groups is 1. The minimum absolute atomic E-state index is 0.0427. The standard InChI is InChI=1S/C13H23FO3/c1-12(2,8-13(3,4)9-15)7-10(14)5-6-11(16)17/h7,15H,5-6,8-9H2,1-4H3,(H,16,17)/b10-7-. The summed E-state index contributed by atoms with van der Waals surface area (Å²) in [5, 5.41) is 17.6. The third kappa shape index (κ3) is 7.91. The van der Waals surface area contributed by atoms with E-state index in [9.17, 15) is 14.3 Å². The van der Waals surface area contributed by atoms with E-state index in [1.165, 1.54) is 6.08 Å². The fourth-order valence-corrected chi connectivity index (χ4v) is 2.06. The van der Waals surface area contributed by atoms with Gasteiger partial charge in [0.25, 0.3) is 0 Å². The predicted molar refractivity (Wildman–Crippen MR) is 65.3 cm³/mol. The molecule has 0 aliphatic heterocycles. The second kappa shape index (κ2) is 6.15. The number of aliphatic carboxylic acids is 1. The van der Waals surface area contributed by atoms with Gasteiger partial charge < -0.3 is 10.2 Å². The first-order valence-electron chi connectivity index (χ1n) is 5.78. The molecule has 0 atom stereocenters. The lowest BCUT2D eigenvalue weighted by molar-refractivity contribution is -0.137. The molecule has 17 heavy (non-hydrogen) atoms. The Morgan fingerprint density at radius 3 is 2.18 bits per heavy atom. The Kier molecular flexibility index (Phi) is 5.82. The Morgan fingerprint density at radius 1 is 1.24 bits per heavy atom. The van der Waals surface area contributed by atoms with Crippen molar-refractivity contribution >= 4 is 5.97 Å². The third-order valence-electron chi connectivity index (χ3n) is 2.49. The molecule has 0 aliphatic rings. The minimum atomic E-state index is -0.998. The molecule has 0 spiro atoms. The number of carboxylic acid groups (broad SMARTS) is 1. The van der Waals surface area contributed by atoms with Gasteiger partial charge in [-0.05, 0) is 23.3 Å². The van der Waals surface area contributed by atoms with Crippen molar-refractivity contribution in [1.29, 1.82) is 0 Å². The molecule has 0 aromatic rings. The van der Waals surface area contributed by atoms with E-state index in [-0.39, 0.29) is 24.9 Å². The molecular weight excluding hydrogens is 223 g/mol. The zero-order valence-corrected chi connectivity index (χ0v) is 11.1. The van der Waals surface area contributed by atoms with Gasteiger partial charge in [0, 0.05) is 13.0 Å². The SMILES string of the molecule is CC(C)(/C=C(\F)CCC(=O)O)CC(C)(C)CO. The summed E-state index contributed by atoms with van der Waals surface area (Å²) in [7, 11) is 0. The highest BCUT2D eigenvalue weighted by Crippen LogP contribution is 2.35. The summed E-state index contributed by atoms with van der Waals surface area (Å²) < 4.78 is 13.5. The lowest BCUT2D eigenvalue weighted by Gasteiger charge is -2.31. The minimum Gasteiger partial charge on any atom is -0.481 e. The second-order valence-corrected chi connectivity index (χ2v) is 5.97. The van der Waals surface area contributed by atoms with Gasteiger partial charge >= 0.3 is 5.97 Å². The monoisotopic (exact) mass is 246 g/mol. The van der Waals surface area contributed by atoms with Gasteiger partial charge in [-0.2, -0.15) is 0 Å². The highest BCUT2D eigenvalue weighted by atomic mass is 19.1. The average Bonchev–Trinajstić information content (AvgIpc) is 2.12. The van der Waals surface area contributed by atoms with E-state index in [1.807, 2.05) is 27.7 Å². The van der Waals surface area contributed by atoms with Gasteiger partial charge in [0.2, 0.25) is 0 Å². The Balaban J connectivity index is 4.50. The van der Waals surface area contributed by atoms with Crippen molar-refractivity contribution in [2.45, 2.75) is 47.0 Å². The maximum atomic E-state index is 13.5. The van der Waals surface area contributed by atoms with Gasteiger partial charge in [0.15, 0.2) is 0 Å². The summed E-state index contributed by atoms with van der Waals surface area (Å²) >= 11 is 0. The van der Waals surface area contributed by atoms with E-state index in [2.05, 4.69) is 0 Å². The van der Waals surface area contributed by atoms with Crippen LogP contribution in [0.1, 0.15) is 47.0 Å². The lowest BCUT2D eigenvalue weighted by atomic mass is 9.75. The molecule has 0 fully saturated rings. The Hall–Kier alpha value is -0.900. The fraction of sp³-hybridized carbons (Fsp3) is 0.769. The molecule has 0 aliphatic carbocycles. The van der Waals surface area contributed by atoms with Crippen LogP contribution in [-0.4, -0.2) is 22.8 Å². The van der Waals surface area contributed by atoms with Crippen molar-refractivity contribution in [2.75, 3.05) is 6.61 Å². The summed E-state index contributed by atoms with van der Waals surface area (Å²) in [5.74, 6) is -1.40. The quantitative estimate of drug-likeness (QED) is 0.725. The molecule has 100 valence electrons. The van der Waals surface area contributed by atoms with Gasteiger partial charge in [0.05, 0.1) is 12.2 Å². The first-order chi connectivity index (χ1) is 7.58. The summed E-state index contributed by atoms with van der Waals surface area (Å²) in [5.41, 5.74) is -0.665. The first-order valence-corrected chi connectivity index (χ1v) is 5.78. The van der Waals surface area contributed by atoms with Crippen molar-refractivity contribution in [3.63, 3.8) is 0 Å². The van der Waals surface area contributed by atoms with Crippen LogP contribution in [0.4, 0.5) is 4.39 Å². The van der Waals surface area contributed by atoms with Crippen LogP contribution >= 0.6 is 0 Å². The molecule has 0 aromatic carbocycles. The molecule has 0 unspecified atom stereocenters. The third-order valence-corrected chi connectivity index (χ3v) is 2.49. The van der Waals surface area contributed by atoms with Crippen molar-refractivity contribution in [3.8, 4) is 0 Å². The molecule has 0 saturated heterocycles. The van der Waals surface area contributed by atoms with Gasteiger partial charge in [0.1, 0.15) is 0 Å². The zero-order chi connectivity index (χ0) is 13.7. The number of aliphatic hydroxyl groups excluding tert-OH is 1. The summed E-state index contributed by atoms with van der Waals surface area (Å²) in [6.45, 7) is 7.63. The van der Waals surface area contributed by atoms with Crippen LogP contribution in [-0.2, 0) is 4.79 Å². The van der Waals surface area contributed by atoms with Crippen molar-refractivity contribution in [1.82, 2.24) is 0 Å². The van der Waals surface area contributed by atoms with E-state index in [4.69, 9.17) is 5.11 Å². The molecule has 0 aromatic heterocycles. The van der Waals surface area contributed by atoms with E-state index in [0.29, 0.717) is 6.42 Å². The largest absolute Gasteiger partial charge is 0.481 e. The maximum Gasteiger partial charge on any atom is 0.303 e. The van der Waals surface area contributed by atoms with E-state index < -0.39 is 17.2 Å². The molecular formula is C13H23FO3. The lowest BCUT2D eigenvalue weighted by Crippen LogP contribution is -2.25. The van der Waals surface area contributed by atoms with Crippen LogP contribution in [0.15, 0.2) is 11.9 Å². The van der Waals surface area contributed by atoms with E-state index >= 15 is 0 Å². The summed E-state index contributed by atoms with van der Waals surface area (Å²) in [6, 6.07) is 0. The Morgan fingerprint density at radius 2 is 1.76 bits per heavy atom. The van der Waals surface area contributed by atoms with Crippen molar-refractivity contribution < 1.29 is 19.4 Å². The van der Waals surface area contributed by atoms with Crippen molar-refractivity contribution in [3.05, 3.63) is 11.9 Å². The number of aliphatic hydroxyl groups is 1. The van der Waals surface area contributed by atoms with Crippen LogP contribution in [0, 0.1) is 10.8 Å². The molecule has 0 bridgehead atoms. The van der Waals surface area contributed by atoms with Crippen molar-refractivity contribution in [2.24, 2.45) is 10.8 Å². The Labute approximate surface area is 102 Å². The number of hydrogen-bond acceptors (Lipinski definition) is 2. The molecule has 2 N–H and O–H groups in total. The molecule has 0 rings (SSSR count). The summed E-state index contributed by atoms with van der Waals surface area (Å²) in [6.07, 6.45) is 1.84. The van der Waals surface area contributed by atoms with Crippen LogP contribution < -0.4 is 0 Å². The van der Waals surface area contributed by atoms with Gasteiger partial charge in [-0.1, -0.05) is 27.7 Å². The van der Waals surface area contributed by atoms with Gasteiger partial charge in [-0.3, -0.25) is 4.79 Å². The number of allylic oxidation sites excluding steroid dienone is 2. The summed E-state index contributed by atoms with van der Waals surface area (Å²) in [4.78, 5) is 10.3. The zero-order valence-electron chi connectivity index (χ0n) is 11.1. The molecule has 0 saturated carbocycles. The topological polar surface area (TPSA) is 57.5 Å². The number of rotatable bonds is 7. The number of halogens is 1. The fourth-order valence-electron chi connectivity index (χ4n) is 2.06. The first kappa shape index (κ1) is 16.1. The molecule has 0 amide bonds. The van der Waals surface area contributed by atoms with Crippen LogP contribution in [0.2, 0.25) is 0 Å². The highest BCUT2D eigenvalue weighted by molar-refractivity contribution is 5.66. The smallest absolute Gasteiger partial charge is 0.303 e. The van der Waals surface area contributed by atoms with Crippen LogP contribution in [0.25, 0.3) is 0 Å². The number of hydrogen-bond donors (Lipinski definition) is 2. The molecule has 3 nitrogen and oxygen atoms in total. The van der Waals surface area contributed by atoms with Crippen LogP contribution in [0.5, 0.6) is 0 Å². The second-order valence-electron chi connectivity index (χ2n) is 5.97. The Bertz CT molecular complexity index is 293. The van der Waals surface area contributed by atoms with Crippen LogP contribution in [0.3, 0.4) is 0 Å². The predicted octanol–water partition coefficient (Wildman–Crippen LogP) is 3.14. The normalized spacial score (nSPS) is 13.9. The molecule has 0 radical (unpaired) electrons. The molecule has 4 heteroatoms. The van der Waals surface area contributed by atoms with E-state index in [1.54, 1.807) is 0 Å². The maximum absolute atomic E-state index is 13.5. The average molecular weight is 246 g/mol. The van der Waals surface area contributed by atoms with Gasteiger partial charge in [-0.15, -0.1) is 0 Å². The number of carboxylic acids is 1. The molecule has 0 heterocycles. The van der Waals surface area contributed by atoms with Gasteiger partial charge in [-0.25, -0.2) is 4.39 Å². The highest BCUT2D eigenvalue weighted by Gasteiger charge is 2.27. The van der Waals surface area contributed by atoms with E-state index in [0.717, 1.165) is 0 Å².